The maximum Gasteiger partial charge on any atom is 0.351 e. The summed E-state index contributed by atoms with van der Waals surface area (Å²) in [7, 11) is 1.92. The third-order valence-corrected chi connectivity index (χ3v) is 3.71. The van der Waals surface area contributed by atoms with Crippen molar-refractivity contribution in [3.8, 4) is 0 Å². The molecule has 1 aliphatic rings. The fraction of sp³-hybridized carbons (Fsp3) is 0.333. The Bertz CT molecular complexity index is 760. The molecule has 116 valence electrons. The highest BCUT2D eigenvalue weighted by molar-refractivity contribution is 5.50. The van der Waals surface area contributed by atoms with E-state index in [2.05, 4.69) is 10.3 Å². The standard InChI is InChI=1S/C15H16F2N4O/c1-20-5-2-6-21-14(20)8-13(19-15(21)22)18-9-10-3-4-11(16)12(17)7-10/h3-4,7-8H,2,5-6,9H2,1H3,(H,18,19,22). The molecule has 0 aliphatic carbocycles. The van der Waals surface area contributed by atoms with Crippen LogP contribution in [0.2, 0.25) is 0 Å². The molecule has 2 heterocycles. The molecule has 1 aliphatic heterocycles. The summed E-state index contributed by atoms with van der Waals surface area (Å²) in [4.78, 5) is 18.0. The fourth-order valence-electron chi connectivity index (χ4n) is 2.53. The number of fused-ring (bicyclic) bond motifs is 1. The Kier molecular flexibility index (Phi) is 3.79. The highest BCUT2D eigenvalue weighted by Crippen LogP contribution is 2.19. The lowest BCUT2D eigenvalue weighted by atomic mass is 10.2. The topological polar surface area (TPSA) is 50.2 Å². The van der Waals surface area contributed by atoms with Crippen LogP contribution in [0.1, 0.15) is 12.0 Å². The first kappa shape index (κ1) is 14.5. The molecule has 2 aromatic rings. The monoisotopic (exact) mass is 306 g/mol. The summed E-state index contributed by atoms with van der Waals surface area (Å²) in [5.74, 6) is -0.540. The second-order valence-electron chi connectivity index (χ2n) is 5.31. The van der Waals surface area contributed by atoms with E-state index in [1.165, 1.54) is 6.07 Å². The number of halogens is 2. The molecule has 0 atom stereocenters. The van der Waals surface area contributed by atoms with Crippen LogP contribution in [0.15, 0.2) is 29.1 Å². The minimum Gasteiger partial charge on any atom is -0.366 e. The molecular formula is C15H16F2N4O. The van der Waals surface area contributed by atoms with E-state index in [1.54, 1.807) is 10.6 Å². The van der Waals surface area contributed by atoms with E-state index in [4.69, 9.17) is 0 Å². The summed E-state index contributed by atoms with van der Waals surface area (Å²) >= 11 is 0. The highest BCUT2D eigenvalue weighted by atomic mass is 19.2. The average Bonchev–Trinajstić information content (AvgIpc) is 2.50. The third-order valence-electron chi connectivity index (χ3n) is 3.71. The van der Waals surface area contributed by atoms with Crippen LogP contribution in [0.4, 0.5) is 20.4 Å². The van der Waals surface area contributed by atoms with Crippen molar-refractivity contribution in [3.63, 3.8) is 0 Å². The zero-order valence-corrected chi connectivity index (χ0v) is 12.1. The van der Waals surface area contributed by atoms with Crippen molar-refractivity contribution in [1.29, 1.82) is 0 Å². The van der Waals surface area contributed by atoms with Crippen LogP contribution in [0.5, 0.6) is 0 Å². The van der Waals surface area contributed by atoms with E-state index in [-0.39, 0.29) is 12.2 Å². The lowest BCUT2D eigenvalue weighted by Gasteiger charge is -2.28. The molecule has 1 aromatic heterocycles. The molecule has 0 saturated carbocycles. The van der Waals surface area contributed by atoms with Gasteiger partial charge in [0, 0.05) is 32.7 Å². The number of aromatic nitrogens is 2. The molecule has 0 radical (unpaired) electrons. The summed E-state index contributed by atoms with van der Waals surface area (Å²) in [5.41, 5.74) is 0.267. The predicted octanol–water partition coefficient (Wildman–Crippen LogP) is 1.97. The zero-order valence-electron chi connectivity index (χ0n) is 12.1. The molecule has 1 N–H and O–H groups in total. The van der Waals surface area contributed by atoms with Crippen molar-refractivity contribution in [3.05, 3.63) is 51.9 Å². The van der Waals surface area contributed by atoms with Gasteiger partial charge in [0.2, 0.25) is 0 Å². The maximum atomic E-state index is 13.2. The fourth-order valence-corrected chi connectivity index (χ4v) is 2.53. The molecule has 0 bridgehead atoms. The van der Waals surface area contributed by atoms with Gasteiger partial charge in [0.25, 0.3) is 0 Å². The van der Waals surface area contributed by atoms with Crippen LogP contribution < -0.4 is 15.9 Å². The van der Waals surface area contributed by atoms with Crippen LogP contribution in [0.25, 0.3) is 0 Å². The molecule has 7 heteroatoms. The summed E-state index contributed by atoms with van der Waals surface area (Å²) in [6.45, 7) is 1.80. The Labute approximate surface area is 126 Å². The smallest absolute Gasteiger partial charge is 0.351 e. The molecule has 0 fully saturated rings. The van der Waals surface area contributed by atoms with Gasteiger partial charge in [-0.05, 0) is 24.1 Å². The third kappa shape index (κ3) is 2.79. The van der Waals surface area contributed by atoms with Crippen LogP contribution >= 0.6 is 0 Å². The van der Waals surface area contributed by atoms with Gasteiger partial charge in [0.1, 0.15) is 11.6 Å². The zero-order chi connectivity index (χ0) is 15.7. The SMILES string of the molecule is CN1CCCn2c1cc(NCc1ccc(F)c(F)c1)nc2=O. The van der Waals surface area contributed by atoms with Crippen molar-refractivity contribution < 1.29 is 8.78 Å². The molecule has 0 saturated heterocycles. The Hall–Kier alpha value is -2.44. The molecule has 0 amide bonds. The van der Waals surface area contributed by atoms with Gasteiger partial charge in [0.15, 0.2) is 11.6 Å². The number of benzene rings is 1. The summed E-state index contributed by atoms with van der Waals surface area (Å²) in [6.07, 6.45) is 0.909. The van der Waals surface area contributed by atoms with Crippen molar-refractivity contribution >= 4 is 11.6 Å². The van der Waals surface area contributed by atoms with E-state index >= 15 is 0 Å². The van der Waals surface area contributed by atoms with Crippen molar-refractivity contribution in [1.82, 2.24) is 9.55 Å². The van der Waals surface area contributed by atoms with Gasteiger partial charge < -0.3 is 10.2 Å². The van der Waals surface area contributed by atoms with Gasteiger partial charge >= 0.3 is 5.69 Å². The first-order valence-corrected chi connectivity index (χ1v) is 7.05. The predicted molar refractivity (Wildman–Crippen MR) is 80.1 cm³/mol. The van der Waals surface area contributed by atoms with Gasteiger partial charge in [0.05, 0.1) is 0 Å². The van der Waals surface area contributed by atoms with Gasteiger partial charge in [-0.2, -0.15) is 4.98 Å². The van der Waals surface area contributed by atoms with E-state index in [9.17, 15) is 13.6 Å². The Morgan fingerprint density at radius 2 is 2.05 bits per heavy atom. The molecule has 0 unspecified atom stereocenters. The van der Waals surface area contributed by atoms with E-state index < -0.39 is 11.6 Å². The molecule has 5 nitrogen and oxygen atoms in total. The number of anilines is 2. The minimum absolute atomic E-state index is 0.261. The van der Waals surface area contributed by atoms with Crippen molar-refractivity contribution in [2.75, 3.05) is 23.8 Å². The molecule has 3 rings (SSSR count). The van der Waals surface area contributed by atoms with Crippen LogP contribution in [0, 0.1) is 11.6 Å². The second kappa shape index (κ2) is 5.75. The van der Waals surface area contributed by atoms with Gasteiger partial charge in [-0.15, -0.1) is 0 Å². The maximum absolute atomic E-state index is 13.2. The number of rotatable bonds is 3. The van der Waals surface area contributed by atoms with Crippen LogP contribution in [-0.4, -0.2) is 23.1 Å². The number of hydrogen-bond donors (Lipinski definition) is 1. The largest absolute Gasteiger partial charge is 0.366 e. The van der Waals surface area contributed by atoms with Gasteiger partial charge in [-0.1, -0.05) is 6.07 Å². The van der Waals surface area contributed by atoms with Gasteiger partial charge in [-0.3, -0.25) is 4.57 Å². The quantitative estimate of drug-likeness (QED) is 0.942. The normalized spacial score (nSPS) is 13.9. The van der Waals surface area contributed by atoms with Crippen LogP contribution in [-0.2, 0) is 13.1 Å². The van der Waals surface area contributed by atoms with E-state index in [1.807, 2.05) is 11.9 Å². The molecular weight excluding hydrogens is 290 g/mol. The first-order valence-electron chi connectivity index (χ1n) is 7.05. The number of hydrogen-bond acceptors (Lipinski definition) is 4. The number of nitrogens with zero attached hydrogens (tertiary/aromatic N) is 3. The van der Waals surface area contributed by atoms with Crippen molar-refractivity contribution in [2.45, 2.75) is 19.5 Å². The lowest BCUT2D eigenvalue weighted by Crippen LogP contribution is -2.36. The van der Waals surface area contributed by atoms with E-state index in [0.717, 1.165) is 30.9 Å². The lowest BCUT2D eigenvalue weighted by molar-refractivity contribution is 0.507. The van der Waals surface area contributed by atoms with E-state index in [0.29, 0.717) is 17.9 Å². The van der Waals surface area contributed by atoms with Gasteiger partial charge in [-0.25, -0.2) is 13.6 Å². The Balaban J connectivity index is 1.81. The Morgan fingerprint density at radius 1 is 1.23 bits per heavy atom. The second-order valence-corrected chi connectivity index (χ2v) is 5.31. The first-order chi connectivity index (χ1) is 10.5. The summed E-state index contributed by atoms with van der Waals surface area (Å²) < 4.78 is 27.7. The molecule has 0 spiro atoms. The minimum atomic E-state index is -0.891. The van der Waals surface area contributed by atoms with Crippen LogP contribution in [0.3, 0.4) is 0 Å². The molecule has 1 aromatic carbocycles. The highest BCUT2D eigenvalue weighted by Gasteiger charge is 2.16. The Morgan fingerprint density at radius 3 is 2.82 bits per heavy atom. The number of nitrogens with one attached hydrogen (secondary N) is 1. The molecule has 22 heavy (non-hydrogen) atoms. The average molecular weight is 306 g/mol. The summed E-state index contributed by atoms with van der Waals surface area (Å²) in [5, 5.41) is 2.98. The summed E-state index contributed by atoms with van der Waals surface area (Å²) in [6, 6.07) is 5.48. The van der Waals surface area contributed by atoms with Crippen molar-refractivity contribution in [2.24, 2.45) is 0 Å².